The zero-order chi connectivity index (χ0) is 12.1. The van der Waals surface area contributed by atoms with Crippen molar-refractivity contribution in [2.45, 2.75) is 24.2 Å². The van der Waals surface area contributed by atoms with E-state index in [9.17, 15) is 4.79 Å². The number of amides is 1. The lowest BCUT2D eigenvalue weighted by Gasteiger charge is -2.24. The fourth-order valence-corrected chi connectivity index (χ4v) is 1.68. The third kappa shape index (κ3) is 3.94. The molecule has 1 aliphatic heterocycles. The lowest BCUT2D eigenvalue weighted by atomic mass is 10.4. The lowest BCUT2D eigenvalue weighted by molar-refractivity contribution is -0.135. The maximum Gasteiger partial charge on any atom is 0.256 e. The molecule has 4 nitrogen and oxygen atoms in total. The molecule has 1 rings (SSSR count). The maximum atomic E-state index is 11.6. The summed E-state index contributed by atoms with van der Waals surface area (Å²) in [6.07, 6.45) is 1.24. The van der Waals surface area contributed by atoms with E-state index < -0.39 is 11.1 Å². The van der Waals surface area contributed by atoms with E-state index in [2.05, 4.69) is 6.58 Å². The first-order valence-electron chi connectivity index (χ1n) is 4.99. The molecule has 2 unspecified atom stereocenters. The highest BCUT2D eigenvalue weighted by atomic mass is 35.5. The van der Waals surface area contributed by atoms with Crippen molar-refractivity contribution in [2.24, 2.45) is 0 Å². The number of ether oxygens (including phenoxy) is 2. The topological polar surface area (TPSA) is 38.8 Å². The summed E-state index contributed by atoms with van der Waals surface area (Å²) in [5.41, 5.74) is 0. The van der Waals surface area contributed by atoms with Gasteiger partial charge < -0.3 is 14.4 Å². The van der Waals surface area contributed by atoms with Crippen LogP contribution in [-0.4, -0.2) is 47.7 Å². The third-order valence-corrected chi connectivity index (χ3v) is 2.49. The van der Waals surface area contributed by atoms with E-state index in [1.165, 1.54) is 4.90 Å². The van der Waals surface area contributed by atoms with Crippen molar-refractivity contribution in [3.8, 4) is 0 Å². The number of halogens is 2. The van der Waals surface area contributed by atoms with Gasteiger partial charge in [0.1, 0.15) is 0 Å². The van der Waals surface area contributed by atoms with E-state index in [0.29, 0.717) is 19.7 Å². The Morgan fingerprint density at radius 3 is 2.81 bits per heavy atom. The Bertz CT molecular complexity index is 260. The number of hydrogen-bond acceptors (Lipinski definition) is 3. The molecule has 0 saturated carbocycles. The SMILES string of the molecule is C=CCN(CC1OCC(C)O1)C(=O)C(Cl)Cl. The Morgan fingerprint density at radius 2 is 2.38 bits per heavy atom. The molecule has 1 amide bonds. The van der Waals surface area contributed by atoms with Crippen molar-refractivity contribution < 1.29 is 14.3 Å². The highest BCUT2D eigenvalue weighted by molar-refractivity contribution is 6.53. The van der Waals surface area contributed by atoms with Crippen LogP contribution in [0.5, 0.6) is 0 Å². The molecule has 0 spiro atoms. The van der Waals surface area contributed by atoms with Gasteiger partial charge >= 0.3 is 0 Å². The number of rotatable bonds is 5. The van der Waals surface area contributed by atoms with E-state index in [4.69, 9.17) is 32.7 Å². The highest BCUT2D eigenvalue weighted by Gasteiger charge is 2.28. The molecule has 1 saturated heterocycles. The van der Waals surface area contributed by atoms with Gasteiger partial charge in [0.05, 0.1) is 19.3 Å². The molecule has 0 aromatic heterocycles. The summed E-state index contributed by atoms with van der Waals surface area (Å²) >= 11 is 11.1. The predicted octanol–water partition coefficient (Wildman–Crippen LogP) is 1.57. The van der Waals surface area contributed by atoms with Gasteiger partial charge in [-0.3, -0.25) is 4.79 Å². The largest absolute Gasteiger partial charge is 0.348 e. The van der Waals surface area contributed by atoms with Crippen LogP contribution >= 0.6 is 23.2 Å². The molecule has 16 heavy (non-hydrogen) atoms. The smallest absolute Gasteiger partial charge is 0.256 e. The van der Waals surface area contributed by atoms with Crippen LogP contribution in [0, 0.1) is 0 Å². The Kier molecular flexibility index (Phi) is 5.55. The Balaban J connectivity index is 2.50. The van der Waals surface area contributed by atoms with Gasteiger partial charge in [0, 0.05) is 6.54 Å². The summed E-state index contributed by atoms with van der Waals surface area (Å²) in [6.45, 7) is 6.69. The van der Waals surface area contributed by atoms with Crippen LogP contribution < -0.4 is 0 Å². The molecule has 0 radical (unpaired) electrons. The molecule has 0 aromatic rings. The molecule has 0 aliphatic carbocycles. The average molecular weight is 268 g/mol. The second-order valence-corrected chi connectivity index (χ2v) is 4.64. The van der Waals surface area contributed by atoms with Crippen LogP contribution in [0.15, 0.2) is 12.7 Å². The molecule has 6 heteroatoms. The van der Waals surface area contributed by atoms with Gasteiger partial charge in [-0.15, -0.1) is 6.58 Å². The van der Waals surface area contributed by atoms with E-state index in [0.717, 1.165) is 0 Å². The van der Waals surface area contributed by atoms with Gasteiger partial charge in [-0.05, 0) is 6.92 Å². The minimum absolute atomic E-state index is 0.0495. The quantitative estimate of drug-likeness (QED) is 0.561. The van der Waals surface area contributed by atoms with Crippen LogP contribution in [0.2, 0.25) is 0 Å². The average Bonchev–Trinajstić information content (AvgIpc) is 2.62. The van der Waals surface area contributed by atoms with Gasteiger partial charge in [0.15, 0.2) is 11.1 Å². The van der Waals surface area contributed by atoms with Crippen LogP contribution in [0.4, 0.5) is 0 Å². The first-order valence-corrected chi connectivity index (χ1v) is 5.86. The fourth-order valence-electron chi connectivity index (χ4n) is 1.40. The predicted molar refractivity (Wildman–Crippen MR) is 62.6 cm³/mol. The van der Waals surface area contributed by atoms with Crippen molar-refractivity contribution in [1.29, 1.82) is 0 Å². The van der Waals surface area contributed by atoms with Crippen molar-refractivity contribution in [1.82, 2.24) is 4.90 Å². The monoisotopic (exact) mass is 267 g/mol. The molecule has 1 aliphatic rings. The Morgan fingerprint density at radius 1 is 1.69 bits per heavy atom. The minimum Gasteiger partial charge on any atom is -0.348 e. The van der Waals surface area contributed by atoms with E-state index in [-0.39, 0.29) is 12.0 Å². The summed E-state index contributed by atoms with van der Waals surface area (Å²) in [7, 11) is 0. The van der Waals surface area contributed by atoms with Crippen LogP contribution in [0.1, 0.15) is 6.92 Å². The summed E-state index contributed by atoms with van der Waals surface area (Å²) in [5, 5.41) is 0. The lowest BCUT2D eigenvalue weighted by Crippen LogP contribution is -2.40. The van der Waals surface area contributed by atoms with E-state index in [1.807, 2.05) is 6.92 Å². The third-order valence-electron chi connectivity index (χ3n) is 2.12. The fraction of sp³-hybridized carbons (Fsp3) is 0.700. The summed E-state index contributed by atoms with van der Waals surface area (Å²) in [6, 6.07) is 0. The first kappa shape index (κ1) is 13.8. The van der Waals surface area contributed by atoms with Gasteiger partial charge in [0.2, 0.25) is 0 Å². The molecule has 2 atom stereocenters. The maximum absolute atomic E-state index is 11.6. The number of carbonyl (C=O) groups is 1. The summed E-state index contributed by atoms with van der Waals surface area (Å²) < 4.78 is 10.8. The molecule has 92 valence electrons. The highest BCUT2D eigenvalue weighted by Crippen LogP contribution is 2.14. The van der Waals surface area contributed by atoms with Crippen molar-refractivity contribution in [2.75, 3.05) is 19.7 Å². The minimum atomic E-state index is -1.07. The Hall–Kier alpha value is -0.290. The standard InChI is InChI=1S/C10H15Cl2NO3/c1-3-4-13(10(14)9(11)12)5-8-15-6-7(2)16-8/h3,7-9H,1,4-6H2,2H3. The Labute approximate surface area is 105 Å². The second-order valence-electron chi connectivity index (χ2n) is 3.54. The number of hydrogen-bond donors (Lipinski definition) is 0. The van der Waals surface area contributed by atoms with Crippen LogP contribution in [0.3, 0.4) is 0 Å². The molecular weight excluding hydrogens is 253 g/mol. The van der Waals surface area contributed by atoms with Gasteiger partial charge in [-0.2, -0.15) is 0 Å². The molecule has 0 aromatic carbocycles. The summed E-state index contributed by atoms with van der Waals surface area (Å²) in [5.74, 6) is -0.366. The first-order chi connectivity index (χ1) is 7.54. The molecular formula is C10H15Cl2NO3. The van der Waals surface area contributed by atoms with Crippen molar-refractivity contribution in [3.63, 3.8) is 0 Å². The van der Waals surface area contributed by atoms with Crippen molar-refractivity contribution >= 4 is 29.1 Å². The van der Waals surface area contributed by atoms with Crippen LogP contribution in [-0.2, 0) is 14.3 Å². The van der Waals surface area contributed by atoms with Crippen LogP contribution in [0.25, 0.3) is 0 Å². The summed E-state index contributed by atoms with van der Waals surface area (Å²) in [4.78, 5) is 12.0. The number of carbonyl (C=O) groups excluding carboxylic acids is 1. The normalized spacial score (nSPS) is 24.8. The molecule has 1 heterocycles. The second kappa shape index (κ2) is 6.45. The molecule has 0 N–H and O–H groups in total. The van der Waals surface area contributed by atoms with E-state index >= 15 is 0 Å². The zero-order valence-corrected chi connectivity index (χ0v) is 10.6. The number of alkyl halides is 2. The zero-order valence-electron chi connectivity index (χ0n) is 9.07. The number of nitrogens with zero attached hydrogens (tertiary/aromatic N) is 1. The van der Waals surface area contributed by atoms with E-state index in [1.54, 1.807) is 6.08 Å². The van der Waals surface area contributed by atoms with Crippen molar-refractivity contribution in [3.05, 3.63) is 12.7 Å². The van der Waals surface area contributed by atoms with Gasteiger partial charge in [-0.25, -0.2) is 0 Å². The molecule has 1 fully saturated rings. The van der Waals surface area contributed by atoms with Gasteiger partial charge in [0.25, 0.3) is 5.91 Å². The van der Waals surface area contributed by atoms with Gasteiger partial charge in [-0.1, -0.05) is 29.3 Å². The molecule has 0 bridgehead atoms.